The number of esters is 1. The van der Waals surface area contributed by atoms with Crippen molar-refractivity contribution in [2.45, 2.75) is 70.8 Å². The molecular weight excluding hydrogens is 428 g/mol. The van der Waals surface area contributed by atoms with E-state index in [2.05, 4.69) is 80.6 Å². The average Bonchev–Trinajstić information content (AvgIpc) is 2.91. The van der Waals surface area contributed by atoms with Crippen molar-refractivity contribution in [2.24, 2.45) is 5.92 Å². The van der Waals surface area contributed by atoms with E-state index in [0.29, 0.717) is 11.5 Å². The van der Waals surface area contributed by atoms with Crippen LogP contribution in [-0.4, -0.2) is 12.1 Å². The number of hydrogen-bond acceptors (Lipinski definition) is 2. The van der Waals surface area contributed by atoms with Crippen LogP contribution in [0.1, 0.15) is 79.8 Å². The van der Waals surface area contributed by atoms with E-state index in [4.69, 9.17) is 4.74 Å². The van der Waals surface area contributed by atoms with Crippen LogP contribution in [0.3, 0.4) is 0 Å². The number of allylic oxidation sites excluding steroid dienone is 2. The van der Waals surface area contributed by atoms with Crippen LogP contribution in [-0.2, 0) is 11.2 Å². The summed E-state index contributed by atoms with van der Waals surface area (Å²) in [5.74, 6) is 1.06. The quantitative estimate of drug-likeness (QED) is 0.233. The molecule has 0 aliphatic heterocycles. The molecule has 1 saturated carbocycles. The Kier molecular flexibility index (Phi) is 8.95. The Hall–Kier alpha value is -3.13. The van der Waals surface area contributed by atoms with Gasteiger partial charge in [0.05, 0.1) is 5.56 Å². The lowest BCUT2D eigenvalue weighted by Gasteiger charge is -2.28. The van der Waals surface area contributed by atoms with Gasteiger partial charge in [0.25, 0.3) is 0 Å². The van der Waals surface area contributed by atoms with Crippen molar-refractivity contribution >= 4 is 5.97 Å². The number of rotatable bonds is 9. The minimum absolute atomic E-state index is 0.0611. The molecule has 3 aromatic rings. The Morgan fingerprint density at radius 1 is 0.886 bits per heavy atom. The lowest BCUT2D eigenvalue weighted by molar-refractivity contribution is 0.0162. The van der Waals surface area contributed by atoms with Crippen LogP contribution in [0.15, 0.2) is 91.0 Å². The standard InChI is InChI=1S/C33H38O2/c1-3-4-6-9-26-14-22-32(23-15-26)35-33(34)31-20-18-30(19-21-31)29-16-12-27(13-17-29)24-25(2)28-10-7-5-8-11-28/h3-5,7-8,10-13,16-21,25-26,32H,6,9,14-15,22-24H2,1-2H3/b4-3+. The predicted octanol–water partition coefficient (Wildman–Crippen LogP) is 8.77. The van der Waals surface area contributed by atoms with Gasteiger partial charge in [-0.2, -0.15) is 0 Å². The second kappa shape index (κ2) is 12.5. The molecule has 1 unspecified atom stereocenters. The second-order valence-corrected chi connectivity index (χ2v) is 9.98. The summed E-state index contributed by atoms with van der Waals surface area (Å²) in [5.41, 5.74) is 5.62. The zero-order valence-corrected chi connectivity index (χ0v) is 21.2. The van der Waals surface area contributed by atoms with E-state index >= 15 is 0 Å². The first-order chi connectivity index (χ1) is 17.1. The number of carbonyl (C=O) groups is 1. The highest BCUT2D eigenvalue weighted by atomic mass is 16.5. The van der Waals surface area contributed by atoms with Gasteiger partial charge in [-0.25, -0.2) is 4.79 Å². The zero-order valence-electron chi connectivity index (χ0n) is 21.2. The molecule has 1 atom stereocenters. The summed E-state index contributed by atoms with van der Waals surface area (Å²) in [4.78, 5) is 12.7. The van der Waals surface area contributed by atoms with Crippen molar-refractivity contribution in [3.63, 3.8) is 0 Å². The summed E-state index contributed by atoms with van der Waals surface area (Å²) in [6.45, 7) is 4.35. The van der Waals surface area contributed by atoms with Gasteiger partial charge in [0.2, 0.25) is 0 Å². The predicted molar refractivity (Wildman–Crippen MR) is 146 cm³/mol. The molecule has 0 bridgehead atoms. The SMILES string of the molecule is C/C=C/CCC1CCC(OC(=O)c2ccc(-c3ccc(CC(C)c4ccccc4)cc3)cc2)CC1. The molecule has 0 aromatic heterocycles. The monoisotopic (exact) mass is 466 g/mol. The molecule has 2 heteroatoms. The third kappa shape index (κ3) is 7.18. The van der Waals surface area contributed by atoms with Crippen LogP contribution < -0.4 is 0 Å². The molecule has 35 heavy (non-hydrogen) atoms. The van der Waals surface area contributed by atoms with Crippen molar-refractivity contribution < 1.29 is 9.53 Å². The normalized spacial score (nSPS) is 18.9. The number of ether oxygens (including phenoxy) is 1. The first kappa shape index (κ1) is 25.0. The van der Waals surface area contributed by atoms with E-state index in [-0.39, 0.29) is 12.1 Å². The molecule has 0 amide bonds. The molecular formula is C33H38O2. The van der Waals surface area contributed by atoms with Crippen LogP contribution in [0.5, 0.6) is 0 Å². The molecule has 0 N–H and O–H groups in total. The number of carbonyl (C=O) groups excluding carboxylic acids is 1. The first-order valence-corrected chi connectivity index (χ1v) is 13.2. The van der Waals surface area contributed by atoms with Crippen LogP contribution in [0, 0.1) is 5.92 Å². The van der Waals surface area contributed by atoms with E-state index in [1.807, 2.05) is 24.3 Å². The molecule has 4 rings (SSSR count). The summed E-state index contributed by atoms with van der Waals surface area (Å²) in [5, 5.41) is 0. The van der Waals surface area contributed by atoms with E-state index in [0.717, 1.165) is 55.6 Å². The molecule has 2 nitrogen and oxygen atoms in total. The highest BCUT2D eigenvalue weighted by Gasteiger charge is 2.24. The lowest BCUT2D eigenvalue weighted by atomic mass is 9.84. The Balaban J connectivity index is 1.28. The number of hydrogen-bond donors (Lipinski definition) is 0. The molecule has 182 valence electrons. The van der Waals surface area contributed by atoms with E-state index < -0.39 is 0 Å². The highest BCUT2D eigenvalue weighted by Crippen LogP contribution is 2.30. The molecule has 3 aromatic carbocycles. The van der Waals surface area contributed by atoms with Gasteiger partial charge in [-0.3, -0.25) is 0 Å². The maximum Gasteiger partial charge on any atom is 0.338 e. The van der Waals surface area contributed by atoms with Crippen molar-refractivity contribution in [1.82, 2.24) is 0 Å². The van der Waals surface area contributed by atoms with Gasteiger partial charge in [0.1, 0.15) is 6.10 Å². The summed E-state index contributed by atoms with van der Waals surface area (Å²) < 4.78 is 5.83. The van der Waals surface area contributed by atoms with Crippen molar-refractivity contribution in [1.29, 1.82) is 0 Å². The third-order valence-electron chi connectivity index (χ3n) is 7.36. The van der Waals surface area contributed by atoms with Gasteiger partial charge in [-0.05, 0) is 98.1 Å². The summed E-state index contributed by atoms with van der Waals surface area (Å²) in [6.07, 6.45) is 12.2. The van der Waals surface area contributed by atoms with Gasteiger partial charge < -0.3 is 4.74 Å². The van der Waals surface area contributed by atoms with Crippen molar-refractivity contribution in [3.05, 3.63) is 108 Å². The second-order valence-electron chi connectivity index (χ2n) is 9.98. The van der Waals surface area contributed by atoms with Crippen molar-refractivity contribution in [3.8, 4) is 11.1 Å². The van der Waals surface area contributed by atoms with E-state index in [9.17, 15) is 4.79 Å². The van der Waals surface area contributed by atoms with Gasteiger partial charge in [-0.1, -0.05) is 85.8 Å². The molecule has 0 saturated heterocycles. The largest absolute Gasteiger partial charge is 0.459 e. The molecule has 0 heterocycles. The Labute approximate surface area is 211 Å². The molecule has 1 aliphatic carbocycles. The van der Waals surface area contributed by atoms with Gasteiger partial charge in [0.15, 0.2) is 0 Å². The van der Waals surface area contributed by atoms with Gasteiger partial charge in [0, 0.05) is 0 Å². The maximum atomic E-state index is 12.7. The molecule has 0 radical (unpaired) electrons. The van der Waals surface area contributed by atoms with Gasteiger partial charge >= 0.3 is 5.97 Å². The fraction of sp³-hybridized carbons (Fsp3) is 0.364. The Morgan fingerprint density at radius 2 is 1.51 bits per heavy atom. The van der Waals surface area contributed by atoms with Crippen LogP contribution in [0.2, 0.25) is 0 Å². The minimum Gasteiger partial charge on any atom is -0.459 e. The Morgan fingerprint density at radius 3 is 2.14 bits per heavy atom. The van der Waals surface area contributed by atoms with Crippen LogP contribution >= 0.6 is 0 Å². The lowest BCUT2D eigenvalue weighted by Crippen LogP contribution is -2.24. The minimum atomic E-state index is -0.195. The van der Waals surface area contributed by atoms with Crippen LogP contribution in [0.4, 0.5) is 0 Å². The molecule has 1 aliphatic rings. The average molecular weight is 467 g/mol. The smallest absolute Gasteiger partial charge is 0.338 e. The van der Waals surface area contributed by atoms with Crippen molar-refractivity contribution in [2.75, 3.05) is 0 Å². The van der Waals surface area contributed by atoms with Gasteiger partial charge in [-0.15, -0.1) is 0 Å². The first-order valence-electron chi connectivity index (χ1n) is 13.2. The molecule has 0 spiro atoms. The summed E-state index contributed by atoms with van der Waals surface area (Å²) in [7, 11) is 0. The van der Waals surface area contributed by atoms with Crippen LogP contribution in [0.25, 0.3) is 11.1 Å². The van der Waals surface area contributed by atoms with E-state index in [1.54, 1.807) is 0 Å². The number of benzene rings is 3. The summed E-state index contributed by atoms with van der Waals surface area (Å²) in [6, 6.07) is 27.3. The highest BCUT2D eigenvalue weighted by molar-refractivity contribution is 5.90. The topological polar surface area (TPSA) is 26.3 Å². The third-order valence-corrected chi connectivity index (χ3v) is 7.36. The fourth-order valence-electron chi connectivity index (χ4n) is 5.14. The fourth-order valence-corrected chi connectivity index (χ4v) is 5.14. The zero-order chi connectivity index (χ0) is 24.5. The maximum absolute atomic E-state index is 12.7. The van der Waals surface area contributed by atoms with E-state index in [1.165, 1.54) is 17.5 Å². The molecule has 1 fully saturated rings. The summed E-state index contributed by atoms with van der Waals surface area (Å²) >= 11 is 0. The Bertz CT molecular complexity index is 1070.